The summed E-state index contributed by atoms with van der Waals surface area (Å²) in [6.45, 7) is 6.60. The summed E-state index contributed by atoms with van der Waals surface area (Å²) in [7, 11) is -3.42. The molecule has 5 nitrogen and oxygen atoms in total. The first kappa shape index (κ1) is 14.9. The van der Waals surface area contributed by atoms with Gasteiger partial charge in [-0.05, 0) is 19.3 Å². The second kappa shape index (κ2) is 6.13. The molecule has 0 radical (unpaired) electrons. The monoisotopic (exact) mass is 266 g/mol. The lowest BCUT2D eigenvalue weighted by Crippen LogP contribution is -2.40. The molecule has 0 amide bonds. The van der Waals surface area contributed by atoms with Crippen LogP contribution in [-0.2, 0) is 23.8 Å². The molecule has 0 saturated carbocycles. The van der Waals surface area contributed by atoms with Crippen molar-refractivity contribution >= 4 is 10.1 Å². The second-order valence-corrected chi connectivity index (χ2v) is 6.51. The average Bonchev–Trinajstić information content (AvgIpc) is 2.17. The van der Waals surface area contributed by atoms with Crippen molar-refractivity contribution in [2.75, 3.05) is 12.9 Å². The number of hydrogen-bond donors (Lipinski definition) is 0. The highest BCUT2D eigenvalue weighted by molar-refractivity contribution is 7.86. The van der Waals surface area contributed by atoms with Gasteiger partial charge in [-0.1, -0.05) is 13.8 Å². The van der Waals surface area contributed by atoms with Crippen LogP contribution >= 0.6 is 0 Å². The maximum absolute atomic E-state index is 11.0. The molecule has 0 N–H and O–H groups in total. The molecule has 0 unspecified atom stereocenters. The first-order valence-corrected chi connectivity index (χ1v) is 7.75. The molecule has 3 atom stereocenters. The highest BCUT2D eigenvalue weighted by atomic mass is 32.2. The summed E-state index contributed by atoms with van der Waals surface area (Å²) in [4.78, 5) is 0. The van der Waals surface area contributed by atoms with Gasteiger partial charge in [0.1, 0.15) is 6.10 Å². The van der Waals surface area contributed by atoms with E-state index in [1.807, 2.05) is 0 Å². The lowest BCUT2D eigenvalue weighted by molar-refractivity contribution is -0.215. The van der Waals surface area contributed by atoms with Gasteiger partial charge in [0, 0.05) is 6.42 Å². The molecule has 0 aromatic heterocycles. The zero-order valence-corrected chi connectivity index (χ0v) is 11.7. The van der Waals surface area contributed by atoms with Crippen molar-refractivity contribution in [2.45, 2.75) is 52.1 Å². The molecule has 0 aliphatic carbocycles. The maximum atomic E-state index is 11.0. The van der Waals surface area contributed by atoms with Crippen LogP contribution < -0.4 is 0 Å². The summed E-state index contributed by atoms with van der Waals surface area (Å²) in [5, 5.41) is 0. The zero-order chi connectivity index (χ0) is 13.1. The quantitative estimate of drug-likeness (QED) is 0.706. The zero-order valence-electron chi connectivity index (χ0n) is 10.9. The van der Waals surface area contributed by atoms with Gasteiger partial charge in [0.15, 0.2) is 6.29 Å². The van der Waals surface area contributed by atoms with E-state index >= 15 is 0 Å². The van der Waals surface area contributed by atoms with Gasteiger partial charge >= 0.3 is 0 Å². The van der Waals surface area contributed by atoms with E-state index in [0.29, 0.717) is 25.4 Å². The van der Waals surface area contributed by atoms with Gasteiger partial charge in [-0.2, -0.15) is 8.42 Å². The first-order valence-electron chi connectivity index (χ1n) is 5.93. The van der Waals surface area contributed by atoms with Gasteiger partial charge in [0.05, 0.1) is 19.0 Å². The van der Waals surface area contributed by atoms with Crippen LogP contribution in [0.3, 0.4) is 0 Å². The molecule has 17 heavy (non-hydrogen) atoms. The van der Waals surface area contributed by atoms with E-state index in [1.54, 1.807) is 6.92 Å². The van der Waals surface area contributed by atoms with Crippen molar-refractivity contribution < 1.29 is 22.1 Å². The molecule has 1 fully saturated rings. The number of ether oxygens (including phenoxy) is 2. The van der Waals surface area contributed by atoms with Crippen LogP contribution in [0, 0.1) is 5.92 Å². The van der Waals surface area contributed by atoms with Crippen molar-refractivity contribution in [3.8, 4) is 0 Å². The Morgan fingerprint density at radius 1 is 1.35 bits per heavy atom. The fourth-order valence-electron chi connectivity index (χ4n) is 1.70. The van der Waals surface area contributed by atoms with E-state index in [9.17, 15) is 8.42 Å². The molecule has 0 spiro atoms. The molecule has 102 valence electrons. The molecule has 1 heterocycles. The smallest absolute Gasteiger partial charge is 0.264 e. The van der Waals surface area contributed by atoms with Crippen LogP contribution in [0.4, 0.5) is 0 Å². The highest BCUT2D eigenvalue weighted by Crippen LogP contribution is 2.24. The van der Waals surface area contributed by atoms with Crippen LogP contribution in [0.5, 0.6) is 0 Å². The van der Waals surface area contributed by atoms with Crippen molar-refractivity contribution in [1.29, 1.82) is 0 Å². The SMILES string of the molecule is CC(C)CO[C@@H]1CC[C@H](OS(C)(=O)=O)[C@@H](C)O1. The van der Waals surface area contributed by atoms with Crippen LogP contribution in [-0.4, -0.2) is 39.8 Å². The maximum Gasteiger partial charge on any atom is 0.264 e. The van der Waals surface area contributed by atoms with Gasteiger partial charge in [-0.15, -0.1) is 0 Å². The van der Waals surface area contributed by atoms with Crippen molar-refractivity contribution in [1.82, 2.24) is 0 Å². The third-order valence-electron chi connectivity index (χ3n) is 2.49. The minimum Gasteiger partial charge on any atom is -0.352 e. The van der Waals surface area contributed by atoms with Gasteiger partial charge in [-0.3, -0.25) is 4.18 Å². The van der Waals surface area contributed by atoms with Crippen molar-refractivity contribution in [3.05, 3.63) is 0 Å². The minimum atomic E-state index is -3.42. The Morgan fingerprint density at radius 3 is 2.47 bits per heavy atom. The molecule has 1 aliphatic rings. The Labute approximate surface area is 104 Å². The van der Waals surface area contributed by atoms with E-state index in [1.165, 1.54) is 0 Å². The fraction of sp³-hybridized carbons (Fsp3) is 1.00. The van der Waals surface area contributed by atoms with Crippen LogP contribution in [0.25, 0.3) is 0 Å². The molecule has 1 rings (SSSR count). The van der Waals surface area contributed by atoms with Gasteiger partial charge in [0.25, 0.3) is 10.1 Å². The van der Waals surface area contributed by atoms with E-state index in [-0.39, 0.29) is 12.4 Å². The van der Waals surface area contributed by atoms with Gasteiger partial charge in [-0.25, -0.2) is 0 Å². The topological polar surface area (TPSA) is 61.8 Å². The Balaban J connectivity index is 2.39. The molecule has 0 bridgehead atoms. The second-order valence-electron chi connectivity index (χ2n) is 4.91. The minimum absolute atomic E-state index is 0.244. The highest BCUT2D eigenvalue weighted by Gasteiger charge is 2.31. The summed E-state index contributed by atoms with van der Waals surface area (Å²) in [5.74, 6) is 0.457. The molecular weight excluding hydrogens is 244 g/mol. The lowest BCUT2D eigenvalue weighted by Gasteiger charge is -2.33. The summed E-state index contributed by atoms with van der Waals surface area (Å²) in [5.41, 5.74) is 0. The lowest BCUT2D eigenvalue weighted by atomic mass is 10.1. The van der Waals surface area contributed by atoms with Crippen LogP contribution in [0.2, 0.25) is 0 Å². The number of hydrogen-bond acceptors (Lipinski definition) is 5. The Hall–Kier alpha value is -0.170. The Bertz CT molecular complexity index is 325. The van der Waals surface area contributed by atoms with Gasteiger partial charge in [0.2, 0.25) is 0 Å². The molecule has 0 aromatic rings. The summed E-state index contributed by atoms with van der Waals surface area (Å²) >= 11 is 0. The average molecular weight is 266 g/mol. The molecule has 1 aliphatic heterocycles. The van der Waals surface area contributed by atoms with Gasteiger partial charge < -0.3 is 9.47 Å². The Morgan fingerprint density at radius 2 is 2.00 bits per heavy atom. The van der Waals surface area contributed by atoms with Crippen molar-refractivity contribution in [3.63, 3.8) is 0 Å². The van der Waals surface area contributed by atoms with E-state index in [0.717, 1.165) is 6.26 Å². The fourth-order valence-corrected chi connectivity index (χ4v) is 2.41. The van der Waals surface area contributed by atoms with E-state index in [4.69, 9.17) is 13.7 Å². The molecular formula is C11H22O5S. The molecule has 0 aromatic carbocycles. The van der Waals surface area contributed by atoms with Crippen LogP contribution in [0.1, 0.15) is 33.6 Å². The summed E-state index contributed by atoms with van der Waals surface area (Å²) in [6.07, 6.45) is 1.45. The number of rotatable bonds is 5. The normalized spacial score (nSPS) is 30.8. The third-order valence-corrected chi connectivity index (χ3v) is 3.09. The Kier molecular flexibility index (Phi) is 5.37. The van der Waals surface area contributed by atoms with Crippen LogP contribution in [0.15, 0.2) is 0 Å². The predicted molar refractivity (Wildman–Crippen MR) is 64.1 cm³/mol. The largest absolute Gasteiger partial charge is 0.352 e. The van der Waals surface area contributed by atoms with E-state index < -0.39 is 16.2 Å². The first-order chi connectivity index (χ1) is 7.78. The molecule has 1 saturated heterocycles. The third kappa shape index (κ3) is 5.81. The standard InChI is InChI=1S/C11H22O5S/c1-8(2)7-14-11-6-5-10(9(3)15-11)16-17(4,12)13/h8-11H,5-7H2,1-4H3/t9-,10+,11+/m1/s1. The van der Waals surface area contributed by atoms with E-state index in [2.05, 4.69) is 13.8 Å². The molecule has 6 heteroatoms. The predicted octanol–water partition coefficient (Wildman–Crippen LogP) is 1.53. The summed E-state index contributed by atoms with van der Waals surface area (Å²) in [6, 6.07) is 0. The summed E-state index contributed by atoms with van der Waals surface area (Å²) < 4.78 is 38.2. The van der Waals surface area contributed by atoms with Crippen molar-refractivity contribution in [2.24, 2.45) is 5.92 Å².